The summed E-state index contributed by atoms with van der Waals surface area (Å²) in [5.74, 6) is 0.385. The summed E-state index contributed by atoms with van der Waals surface area (Å²) in [6, 6.07) is 10.1. The van der Waals surface area contributed by atoms with E-state index >= 15 is 0 Å². The zero-order valence-electron chi connectivity index (χ0n) is 14.4. The number of carbonyl (C=O) groups excluding carboxylic acids is 2. The molecule has 5 nitrogen and oxygen atoms in total. The summed E-state index contributed by atoms with van der Waals surface area (Å²) < 4.78 is 0. The molecule has 2 aliphatic rings. The Labute approximate surface area is 143 Å². The summed E-state index contributed by atoms with van der Waals surface area (Å²) in [5, 5.41) is 0. The molecule has 2 heterocycles. The molecule has 2 saturated heterocycles. The van der Waals surface area contributed by atoms with Crippen LogP contribution in [0.15, 0.2) is 30.3 Å². The molecule has 1 aromatic carbocycles. The maximum Gasteiger partial charge on any atom is 0.228 e. The summed E-state index contributed by atoms with van der Waals surface area (Å²) in [4.78, 5) is 28.8. The summed E-state index contributed by atoms with van der Waals surface area (Å²) >= 11 is 0. The molecule has 1 aromatic rings. The van der Waals surface area contributed by atoms with Crippen LogP contribution in [0.1, 0.15) is 31.7 Å². The maximum absolute atomic E-state index is 12.8. The van der Waals surface area contributed by atoms with Gasteiger partial charge in [0.05, 0.1) is 5.92 Å². The second kappa shape index (κ2) is 7.34. The predicted octanol–water partition coefficient (Wildman–Crippen LogP) is 1.62. The molecular formula is C19H27N3O2. The third kappa shape index (κ3) is 3.78. The first kappa shape index (κ1) is 17.0. The lowest BCUT2D eigenvalue weighted by atomic mass is 9.91. The third-order valence-electron chi connectivity index (χ3n) is 5.29. The molecule has 0 aliphatic carbocycles. The summed E-state index contributed by atoms with van der Waals surface area (Å²) in [7, 11) is 0. The van der Waals surface area contributed by atoms with E-state index in [-0.39, 0.29) is 23.8 Å². The Morgan fingerprint density at radius 1 is 1.29 bits per heavy atom. The zero-order valence-corrected chi connectivity index (χ0v) is 14.4. The van der Waals surface area contributed by atoms with Gasteiger partial charge in [0.2, 0.25) is 11.8 Å². The first-order valence-electron chi connectivity index (χ1n) is 8.90. The van der Waals surface area contributed by atoms with Gasteiger partial charge in [-0.3, -0.25) is 9.59 Å². The van der Waals surface area contributed by atoms with Gasteiger partial charge in [0.15, 0.2) is 0 Å². The lowest BCUT2D eigenvalue weighted by Crippen LogP contribution is -2.47. The second-order valence-electron chi connectivity index (χ2n) is 7.21. The van der Waals surface area contributed by atoms with E-state index in [1.54, 1.807) is 0 Å². The van der Waals surface area contributed by atoms with Crippen LogP contribution >= 0.6 is 0 Å². The SMILES string of the molecule is CC(N)C1CCCN(C(=O)C2CC(=O)N(Cc3ccccc3)C2)C1. The quantitative estimate of drug-likeness (QED) is 0.913. The van der Waals surface area contributed by atoms with Gasteiger partial charge >= 0.3 is 0 Å². The molecule has 2 fully saturated rings. The Bertz CT molecular complexity index is 588. The van der Waals surface area contributed by atoms with Crippen molar-refractivity contribution in [2.75, 3.05) is 19.6 Å². The Morgan fingerprint density at radius 2 is 2.04 bits per heavy atom. The molecule has 3 atom stereocenters. The fourth-order valence-corrected chi connectivity index (χ4v) is 3.79. The molecule has 130 valence electrons. The third-order valence-corrected chi connectivity index (χ3v) is 5.29. The molecule has 2 aliphatic heterocycles. The van der Waals surface area contributed by atoms with Gasteiger partial charge in [0, 0.05) is 38.6 Å². The van der Waals surface area contributed by atoms with Gasteiger partial charge in [0.1, 0.15) is 0 Å². The highest BCUT2D eigenvalue weighted by molar-refractivity contribution is 5.89. The van der Waals surface area contributed by atoms with Crippen LogP contribution < -0.4 is 5.73 Å². The molecule has 0 spiro atoms. The average Bonchev–Trinajstić information content (AvgIpc) is 2.96. The van der Waals surface area contributed by atoms with Crippen molar-refractivity contribution in [3.8, 4) is 0 Å². The van der Waals surface area contributed by atoms with Crippen LogP contribution in [0.3, 0.4) is 0 Å². The van der Waals surface area contributed by atoms with Crippen LogP contribution in [-0.2, 0) is 16.1 Å². The van der Waals surface area contributed by atoms with Gasteiger partial charge in [-0.2, -0.15) is 0 Å². The van der Waals surface area contributed by atoms with E-state index in [4.69, 9.17) is 5.73 Å². The highest BCUT2D eigenvalue weighted by Gasteiger charge is 2.37. The molecule has 5 heteroatoms. The molecule has 24 heavy (non-hydrogen) atoms. The number of benzene rings is 1. The van der Waals surface area contributed by atoms with E-state index in [9.17, 15) is 9.59 Å². The number of amides is 2. The molecule has 0 aromatic heterocycles. The monoisotopic (exact) mass is 329 g/mol. The number of nitrogens with two attached hydrogens (primary N) is 1. The van der Waals surface area contributed by atoms with Crippen LogP contribution in [0.25, 0.3) is 0 Å². The number of piperidine rings is 1. The maximum atomic E-state index is 12.8. The number of hydrogen-bond donors (Lipinski definition) is 1. The molecule has 3 unspecified atom stereocenters. The van der Waals surface area contributed by atoms with E-state index in [0.29, 0.717) is 25.4 Å². The van der Waals surface area contributed by atoms with Gasteiger partial charge in [-0.25, -0.2) is 0 Å². The second-order valence-corrected chi connectivity index (χ2v) is 7.21. The van der Waals surface area contributed by atoms with Crippen molar-refractivity contribution in [3.05, 3.63) is 35.9 Å². The molecule has 2 N–H and O–H groups in total. The first-order chi connectivity index (χ1) is 11.5. The van der Waals surface area contributed by atoms with Crippen molar-refractivity contribution in [2.24, 2.45) is 17.6 Å². The van der Waals surface area contributed by atoms with Crippen molar-refractivity contribution in [1.29, 1.82) is 0 Å². The Balaban J connectivity index is 1.59. The summed E-state index contributed by atoms with van der Waals surface area (Å²) in [5.41, 5.74) is 7.12. The van der Waals surface area contributed by atoms with E-state index in [1.807, 2.05) is 47.1 Å². The van der Waals surface area contributed by atoms with Crippen LogP contribution in [-0.4, -0.2) is 47.3 Å². The molecule has 0 radical (unpaired) electrons. The lowest BCUT2D eigenvalue weighted by molar-refractivity contribution is -0.137. The Morgan fingerprint density at radius 3 is 2.75 bits per heavy atom. The molecule has 3 rings (SSSR count). The van der Waals surface area contributed by atoms with Gasteiger partial charge < -0.3 is 15.5 Å². The van der Waals surface area contributed by atoms with E-state index in [2.05, 4.69) is 0 Å². The van der Waals surface area contributed by atoms with Crippen LogP contribution in [0.4, 0.5) is 0 Å². The Hall–Kier alpha value is -1.88. The fourth-order valence-electron chi connectivity index (χ4n) is 3.79. The van der Waals surface area contributed by atoms with E-state index in [0.717, 1.165) is 31.5 Å². The number of hydrogen-bond acceptors (Lipinski definition) is 3. The minimum absolute atomic E-state index is 0.0814. The summed E-state index contributed by atoms with van der Waals surface area (Å²) in [6.45, 7) is 4.67. The smallest absolute Gasteiger partial charge is 0.228 e. The number of carbonyl (C=O) groups is 2. The van der Waals surface area contributed by atoms with E-state index < -0.39 is 0 Å². The largest absolute Gasteiger partial charge is 0.342 e. The van der Waals surface area contributed by atoms with Gasteiger partial charge in [-0.15, -0.1) is 0 Å². The highest BCUT2D eigenvalue weighted by atomic mass is 16.2. The molecule has 0 saturated carbocycles. The van der Waals surface area contributed by atoms with Gasteiger partial charge in [-0.1, -0.05) is 30.3 Å². The standard InChI is InChI=1S/C19H27N3O2/c1-14(20)16-8-5-9-21(12-16)19(24)17-10-18(23)22(13-17)11-15-6-3-2-4-7-15/h2-4,6-7,14,16-17H,5,8-13,20H2,1H3. The molecule has 0 bridgehead atoms. The Kier molecular flexibility index (Phi) is 5.19. The number of likely N-dealkylation sites (tertiary alicyclic amines) is 2. The van der Waals surface area contributed by atoms with Crippen molar-refractivity contribution in [3.63, 3.8) is 0 Å². The first-order valence-corrected chi connectivity index (χ1v) is 8.90. The predicted molar refractivity (Wildman–Crippen MR) is 92.9 cm³/mol. The lowest BCUT2D eigenvalue weighted by Gasteiger charge is -2.35. The van der Waals surface area contributed by atoms with E-state index in [1.165, 1.54) is 0 Å². The fraction of sp³-hybridized carbons (Fsp3) is 0.579. The normalized spacial score (nSPS) is 25.8. The minimum atomic E-state index is -0.201. The summed E-state index contributed by atoms with van der Waals surface area (Å²) in [6.07, 6.45) is 2.43. The molecule has 2 amide bonds. The zero-order chi connectivity index (χ0) is 17.1. The van der Waals surface area contributed by atoms with Crippen molar-refractivity contribution in [1.82, 2.24) is 9.80 Å². The van der Waals surface area contributed by atoms with Crippen LogP contribution in [0.5, 0.6) is 0 Å². The number of rotatable bonds is 4. The molecular weight excluding hydrogens is 302 g/mol. The average molecular weight is 329 g/mol. The van der Waals surface area contributed by atoms with Crippen LogP contribution in [0.2, 0.25) is 0 Å². The topological polar surface area (TPSA) is 66.6 Å². The highest BCUT2D eigenvalue weighted by Crippen LogP contribution is 2.25. The number of nitrogens with zero attached hydrogens (tertiary/aromatic N) is 2. The van der Waals surface area contributed by atoms with Crippen molar-refractivity contribution >= 4 is 11.8 Å². The van der Waals surface area contributed by atoms with Gasteiger partial charge in [-0.05, 0) is 31.2 Å². The van der Waals surface area contributed by atoms with Crippen LogP contribution in [0, 0.1) is 11.8 Å². The van der Waals surface area contributed by atoms with Crippen molar-refractivity contribution < 1.29 is 9.59 Å². The van der Waals surface area contributed by atoms with Crippen molar-refractivity contribution in [2.45, 2.75) is 38.8 Å². The minimum Gasteiger partial charge on any atom is -0.342 e. The van der Waals surface area contributed by atoms with Gasteiger partial charge in [0.25, 0.3) is 0 Å².